The van der Waals surface area contributed by atoms with Crippen LogP contribution in [0.15, 0.2) is 18.3 Å². The first kappa shape index (κ1) is 11.3. The highest BCUT2D eigenvalue weighted by atomic mass is 35.5. The summed E-state index contributed by atoms with van der Waals surface area (Å²) < 4.78 is 0. The molecule has 0 spiro atoms. The summed E-state index contributed by atoms with van der Waals surface area (Å²) in [4.78, 5) is 9.44. The van der Waals surface area contributed by atoms with Gasteiger partial charge in [0.1, 0.15) is 5.82 Å². The van der Waals surface area contributed by atoms with E-state index in [0.717, 1.165) is 24.9 Å². The summed E-state index contributed by atoms with van der Waals surface area (Å²) in [6.07, 6.45) is 5.83. The van der Waals surface area contributed by atoms with Gasteiger partial charge in [0, 0.05) is 31.9 Å². The smallest absolute Gasteiger partial charge is 0.128 e. The minimum atomic E-state index is 0.713. The third-order valence-electron chi connectivity index (χ3n) is 3.87. The van der Waals surface area contributed by atoms with Gasteiger partial charge >= 0.3 is 0 Å². The average molecular weight is 252 g/mol. The molecule has 92 valence electrons. The largest absolute Gasteiger partial charge is 0.354 e. The van der Waals surface area contributed by atoms with Crippen LogP contribution in [0.4, 0.5) is 5.82 Å². The van der Waals surface area contributed by atoms with Gasteiger partial charge in [-0.05, 0) is 31.5 Å². The number of nitrogens with zero attached hydrogens (tertiary/aromatic N) is 3. The van der Waals surface area contributed by atoms with Crippen molar-refractivity contribution in [3.8, 4) is 0 Å². The van der Waals surface area contributed by atoms with Crippen molar-refractivity contribution < 1.29 is 0 Å². The summed E-state index contributed by atoms with van der Waals surface area (Å²) in [6.45, 7) is 4.67. The Morgan fingerprint density at radius 3 is 2.94 bits per heavy atom. The lowest BCUT2D eigenvalue weighted by atomic mass is 9.99. The van der Waals surface area contributed by atoms with Crippen LogP contribution in [-0.2, 0) is 0 Å². The molecule has 2 aliphatic rings. The summed E-state index contributed by atoms with van der Waals surface area (Å²) in [7, 11) is 0. The summed E-state index contributed by atoms with van der Waals surface area (Å²) in [5.41, 5.74) is 0. The van der Waals surface area contributed by atoms with Gasteiger partial charge in [-0.15, -0.1) is 0 Å². The van der Waals surface area contributed by atoms with E-state index in [-0.39, 0.29) is 0 Å². The number of hydrogen-bond donors (Lipinski definition) is 0. The first-order valence-electron chi connectivity index (χ1n) is 6.43. The van der Waals surface area contributed by atoms with Crippen molar-refractivity contribution in [3.63, 3.8) is 0 Å². The zero-order valence-electron chi connectivity index (χ0n) is 9.98. The molecule has 0 bridgehead atoms. The predicted octanol–water partition coefficient (Wildman–Crippen LogP) is 2.41. The van der Waals surface area contributed by atoms with Crippen LogP contribution in [0.1, 0.15) is 19.3 Å². The molecule has 1 aromatic heterocycles. The van der Waals surface area contributed by atoms with Gasteiger partial charge in [0.25, 0.3) is 0 Å². The minimum absolute atomic E-state index is 0.713. The molecule has 2 fully saturated rings. The summed E-state index contributed by atoms with van der Waals surface area (Å²) in [5, 5.41) is 0.713. The average Bonchev–Trinajstić information content (AvgIpc) is 2.39. The van der Waals surface area contributed by atoms with Crippen molar-refractivity contribution in [2.45, 2.75) is 25.3 Å². The van der Waals surface area contributed by atoms with E-state index in [0.29, 0.717) is 5.02 Å². The highest BCUT2D eigenvalue weighted by molar-refractivity contribution is 6.30. The van der Waals surface area contributed by atoms with E-state index in [4.69, 9.17) is 11.6 Å². The van der Waals surface area contributed by atoms with Crippen LogP contribution in [0.2, 0.25) is 5.02 Å². The van der Waals surface area contributed by atoms with E-state index < -0.39 is 0 Å². The van der Waals surface area contributed by atoms with Crippen molar-refractivity contribution in [2.75, 3.05) is 31.1 Å². The monoisotopic (exact) mass is 251 g/mol. The number of pyridine rings is 1. The normalized spacial score (nSPS) is 25.7. The second-order valence-electron chi connectivity index (χ2n) is 4.97. The number of aromatic nitrogens is 1. The molecular weight excluding hydrogens is 234 g/mol. The van der Waals surface area contributed by atoms with Crippen LogP contribution >= 0.6 is 11.6 Å². The van der Waals surface area contributed by atoms with Crippen LogP contribution in [0, 0.1) is 0 Å². The van der Waals surface area contributed by atoms with Crippen LogP contribution in [0.25, 0.3) is 0 Å². The summed E-state index contributed by atoms with van der Waals surface area (Å²) in [5.74, 6) is 1.07. The molecular formula is C13H18ClN3. The van der Waals surface area contributed by atoms with Crippen molar-refractivity contribution in [1.29, 1.82) is 0 Å². The predicted molar refractivity (Wildman–Crippen MR) is 70.7 cm³/mol. The molecule has 4 heteroatoms. The fourth-order valence-electron chi connectivity index (χ4n) is 2.92. The van der Waals surface area contributed by atoms with E-state index in [9.17, 15) is 0 Å². The lowest BCUT2D eigenvalue weighted by Gasteiger charge is -2.44. The Labute approximate surface area is 107 Å². The van der Waals surface area contributed by atoms with Gasteiger partial charge in [0.15, 0.2) is 0 Å². The number of hydrogen-bond acceptors (Lipinski definition) is 3. The second-order valence-corrected chi connectivity index (χ2v) is 5.40. The Balaban J connectivity index is 1.71. The Kier molecular flexibility index (Phi) is 3.21. The zero-order valence-corrected chi connectivity index (χ0v) is 10.7. The second kappa shape index (κ2) is 4.83. The molecule has 0 radical (unpaired) electrons. The molecule has 0 amide bonds. The number of halogens is 1. The van der Waals surface area contributed by atoms with Crippen LogP contribution in [0.3, 0.4) is 0 Å². The van der Waals surface area contributed by atoms with Gasteiger partial charge in [-0.25, -0.2) is 4.98 Å². The van der Waals surface area contributed by atoms with Crippen LogP contribution in [-0.4, -0.2) is 42.1 Å². The molecule has 3 heterocycles. The number of fused-ring (bicyclic) bond motifs is 1. The van der Waals surface area contributed by atoms with E-state index in [1.807, 2.05) is 12.1 Å². The molecule has 3 rings (SSSR count). The fraction of sp³-hybridized carbons (Fsp3) is 0.615. The standard InChI is InChI=1S/C13H18ClN3/c14-11-4-5-13(15-9-11)17-8-7-16-6-2-1-3-12(16)10-17/h4-5,9,12H,1-3,6-8,10H2. The zero-order chi connectivity index (χ0) is 11.7. The van der Waals surface area contributed by atoms with Gasteiger partial charge in [-0.3, -0.25) is 4.90 Å². The molecule has 1 unspecified atom stereocenters. The Bertz CT molecular complexity index is 379. The Morgan fingerprint density at radius 2 is 2.12 bits per heavy atom. The van der Waals surface area contributed by atoms with Gasteiger partial charge in [0.05, 0.1) is 5.02 Å². The van der Waals surface area contributed by atoms with E-state index in [1.165, 1.54) is 32.4 Å². The molecule has 2 aliphatic heterocycles. The number of anilines is 1. The summed E-state index contributed by atoms with van der Waals surface area (Å²) in [6, 6.07) is 4.69. The van der Waals surface area contributed by atoms with Gasteiger partial charge in [-0.2, -0.15) is 0 Å². The first-order valence-corrected chi connectivity index (χ1v) is 6.81. The molecule has 0 saturated carbocycles. The molecule has 2 saturated heterocycles. The lowest BCUT2D eigenvalue weighted by molar-refractivity contribution is 0.133. The van der Waals surface area contributed by atoms with E-state index >= 15 is 0 Å². The molecule has 1 atom stereocenters. The molecule has 1 aromatic rings. The van der Waals surface area contributed by atoms with Crippen LogP contribution in [0.5, 0.6) is 0 Å². The molecule has 0 N–H and O–H groups in total. The highest BCUT2D eigenvalue weighted by Crippen LogP contribution is 2.24. The Hall–Kier alpha value is -0.800. The van der Waals surface area contributed by atoms with Crippen molar-refractivity contribution in [2.24, 2.45) is 0 Å². The lowest BCUT2D eigenvalue weighted by Crippen LogP contribution is -2.55. The van der Waals surface area contributed by atoms with Gasteiger partial charge in [-0.1, -0.05) is 18.0 Å². The molecule has 17 heavy (non-hydrogen) atoms. The quantitative estimate of drug-likeness (QED) is 0.764. The Morgan fingerprint density at radius 1 is 1.18 bits per heavy atom. The minimum Gasteiger partial charge on any atom is -0.354 e. The SMILES string of the molecule is Clc1ccc(N2CCN3CCCCC3C2)nc1. The number of rotatable bonds is 1. The van der Waals surface area contributed by atoms with Crippen LogP contribution < -0.4 is 4.90 Å². The van der Waals surface area contributed by atoms with Crippen molar-refractivity contribution in [3.05, 3.63) is 23.4 Å². The van der Waals surface area contributed by atoms with E-state index in [2.05, 4.69) is 14.8 Å². The fourth-order valence-corrected chi connectivity index (χ4v) is 3.03. The highest BCUT2D eigenvalue weighted by Gasteiger charge is 2.29. The third-order valence-corrected chi connectivity index (χ3v) is 4.10. The van der Waals surface area contributed by atoms with E-state index in [1.54, 1.807) is 6.20 Å². The number of piperazine rings is 1. The van der Waals surface area contributed by atoms with Crippen molar-refractivity contribution in [1.82, 2.24) is 9.88 Å². The maximum atomic E-state index is 5.87. The van der Waals surface area contributed by atoms with Gasteiger partial charge in [0.2, 0.25) is 0 Å². The first-order chi connectivity index (χ1) is 8.33. The maximum absolute atomic E-state index is 5.87. The molecule has 3 nitrogen and oxygen atoms in total. The molecule has 0 aliphatic carbocycles. The van der Waals surface area contributed by atoms with Crippen molar-refractivity contribution >= 4 is 17.4 Å². The maximum Gasteiger partial charge on any atom is 0.128 e. The van der Waals surface area contributed by atoms with Gasteiger partial charge < -0.3 is 4.90 Å². The summed E-state index contributed by atoms with van der Waals surface area (Å²) >= 11 is 5.87. The molecule has 0 aromatic carbocycles. The third kappa shape index (κ3) is 2.40. The number of piperidine rings is 1. The topological polar surface area (TPSA) is 19.4 Å².